The van der Waals surface area contributed by atoms with Crippen LogP contribution in [0.2, 0.25) is 5.15 Å². The molecule has 0 bridgehead atoms. The number of halogens is 1. The van der Waals surface area contributed by atoms with Crippen LogP contribution in [0.5, 0.6) is 0 Å². The maximum absolute atomic E-state index is 10.5. The zero-order valence-corrected chi connectivity index (χ0v) is 14.9. The second kappa shape index (κ2) is 6.29. The van der Waals surface area contributed by atoms with E-state index in [9.17, 15) is 5.11 Å². The summed E-state index contributed by atoms with van der Waals surface area (Å²) in [7, 11) is 1.81. The third kappa shape index (κ3) is 2.97. The highest BCUT2D eigenvalue weighted by molar-refractivity contribution is 6.30. The Morgan fingerprint density at radius 3 is 2.92 bits per heavy atom. The van der Waals surface area contributed by atoms with Crippen LogP contribution in [0, 0.1) is 6.92 Å². The molecule has 0 fully saturated rings. The average molecular weight is 359 g/mol. The van der Waals surface area contributed by atoms with Gasteiger partial charge in [0, 0.05) is 38.3 Å². The first kappa shape index (κ1) is 16.3. The van der Waals surface area contributed by atoms with Crippen molar-refractivity contribution in [1.82, 2.24) is 19.8 Å². The highest BCUT2D eigenvalue weighted by Crippen LogP contribution is 2.32. The number of hydrogen-bond donors (Lipinski definition) is 1. The zero-order chi connectivity index (χ0) is 17.6. The topological polar surface area (TPSA) is 67.3 Å². The van der Waals surface area contributed by atoms with Gasteiger partial charge in [-0.25, -0.2) is 0 Å². The number of aliphatic hydroxyl groups is 1. The van der Waals surface area contributed by atoms with Crippen LogP contribution >= 0.6 is 11.6 Å². The fourth-order valence-electron chi connectivity index (χ4n) is 3.37. The molecule has 1 atom stereocenters. The van der Waals surface area contributed by atoms with Crippen LogP contribution in [0.25, 0.3) is 11.4 Å². The van der Waals surface area contributed by atoms with Gasteiger partial charge < -0.3 is 9.63 Å². The lowest BCUT2D eigenvalue weighted by atomic mass is 9.97. The Morgan fingerprint density at radius 2 is 2.16 bits per heavy atom. The predicted octanol–water partition coefficient (Wildman–Crippen LogP) is 3.09. The molecule has 2 aromatic heterocycles. The quantitative estimate of drug-likeness (QED) is 0.779. The highest BCUT2D eigenvalue weighted by Gasteiger charge is 2.27. The molecule has 0 aliphatic carbocycles. The Balaban J connectivity index is 1.66. The molecule has 0 unspecified atom stereocenters. The van der Waals surface area contributed by atoms with Crippen LogP contribution in [0.3, 0.4) is 0 Å². The van der Waals surface area contributed by atoms with Crippen LogP contribution in [-0.4, -0.2) is 31.5 Å². The Bertz CT molecular complexity index is 918. The molecule has 6 nitrogen and oxygen atoms in total. The normalized spacial score (nSPS) is 17.7. The SMILES string of the molecule is Cc1cc(-c2nn(C)c(Cl)c2CN2Cc3ccccc3[C@H](O)C2)no1. The van der Waals surface area contributed by atoms with Gasteiger partial charge in [-0.2, -0.15) is 5.10 Å². The van der Waals surface area contributed by atoms with Gasteiger partial charge >= 0.3 is 0 Å². The van der Waals surface area contributed by atoms with Crippen molar-refractivity contribution in [2.75, 3.05) is 6.54 Å². The first-order valence-electron chi connectivity index (χ1n) is 8.16. The molecule has 130 valence electrons. The Hall–Kier alpha value is -2.15. The third-order valence-electron chi connectivity index (χ3n) is 4.56. The third-order valence-corrected chi connectivity index (χ3v) is 5.03. The summed E-state index contributed by atoms with van der Waals surface area (Å²) in [4.78, 5) is 2.17. The minimum atomic E-state index is -0.502. The van der Waals surface area contributed by atoms with E-state index >= 15 is 0 Å². The molecular weight excluding hydrogens is 340 g/mol. The largest absolute Gasteiger partial charge is 0.387 e. The molecule has 0 saturated carbocycles. The van der Waals surface area contributed by atoms with Gasteiger partial charge in [-0.05, 0) is 18.1 Å². The monoisotopic (exact) mass is 358 g/mol. The van der Waals surface area contributed by atoms with Crippen LogP contribution in [0.1, 0.15) is 28.6 Å². The summed E-state index contributed by atoms with van der Waals surface area (Å²) in [5.41, 5.74) is 4.43. The van der Waals surface area contributed by atoms with Crippen molar-refractivity contribution in [3.8, 4) is 11.4 Å². The molecule has 0 saturated heterocycles. The number of β-amino-alcohol motifs (C(OH)–C–C–N with tert-alkyl or cyclic N) is 1. The summed E-state index contributed by atoms with van der Waals surface area (Å²) in [6, 6.07) is 9.84. The first-order chi connectivity index (χ1) is 12.0. The van der Waals surface area contributed by atoms with E-state index in [4.69, 9.17) is 16.1 Å². The second-order valence-electron chi connectivity index (χ2n) is 6.45. The number of rotatable bonds is 3. The minimum absolute atomic E-state index is 0.502. The van der Waals surface area contributed by atoms with Gasteiger partial charge in [0.25, 0.3) is 0 Å². The van der Waals surface area contributed by atoms with Gasteiger partial charge in [-0.1, -0.05) is 41.0 Å². The summed E-state index contributed by atoms with van der Waals surface area (Å²) >= 11 is 6.48. The van der Waals surface area contributed by atoms with E-state index in [1.54, 1.807) is 4.68 Å². The zero-order valence-electron chi connectivity index (χ0n) is 14.1. The Morgan fingerprint density at radius 1 is 1.36 bits per heavy atom. The van der Waals surface area contributed by atoms with E-state index in [1.807, 2.05) is 38.2 Å². The summed E-state index contributed by atoms with van der Waals surface area (Å²) in [6.07, 6.45) is -0.502. The smallest absolute Gasteiger partial charge is 0.134 e. The van der Waals surface area contributed by atoms with Gasteiger partial charge in [0.1, 0.15) is 22.3 Å². The maximum Gasteiger partial charge on any atom is 0.134 e. The molecule has 25 heavy (non-hydrogen) atoms. The van der Waals surface area contributed by atoms with E-state index in [1.165, 1.54) is 0 Å². The molecule has 0 radical (unpaired) electrons. The molecule has 0 amide bonds. The molecule has 3 heterocycles. The summed E-state index contributed by atoms with van der Waals surface area (Å²) < 4.78 is 6.82. The molecule has 1 aromatic carbocycles. The van der Waals surface area contributed by atoms with Crippen LogP contribution in [0.4, 0.5) is 0 Å². The van der Waals surface area contributed by atoms with Gasteiger partial charge in [0.2, 0.25) is 0 Å². The van der Waals surface area contributed by atoms with Crippen molar-refractivity contribution in [2.24, 2.45) is 7.05 Å². The first-order valence-corrected chi connectivity index (χ1v) is 8.54. The molecule has 1 aliphatic heterocycles. The molecular formula is C18H19ClN4O2. The van der Waals surface area contributed by atoms with Crippen molar-refractivity contribution in [2.45, 2.75) is 26.1 Å². The van der Waals surface area contributed by atoms with E-state index in [2.05, 4.69) is 21.2 Å². The van der Waals surface area contributed by atoms with Crippen LogP contribution in [-0.2, 0) is 20.1 Å². The summed E-state index contributed by atoms with van der Waals surface area (Å²) in [6.45, 7) is 3.74. The van der Waals surface area contributed by atoms with Gasteiger partial charge in [-0.3, -0.25) is 9.58 Å². The molecule has 4 rings (SSSR count). The van der Waals surface area contributed by atoms with Gasteiger partial charge in [0.05, 0.1) is 6.10 Å². The molecule has 7 heteroatoms. The average Bonchev–Trinajstić information content (AvgIpc) is 3.13. The highest BCUT2D eigenvalue weighted by atomic mass is 35.5. The molecule has 0 spiro atoms. The predicted molar refractivity (Wildman–Crippen MR) is 94.0 cm³/mol. The lowest BCUT2D eigenvalue weighted by Crippen LogP contribution is -2.33. The minimum Gasteiger partial charge on any atom is -0.387 e. The van der Waals surface area contributed by atoms with E-state index in [0.29, 0.717) is 23.9 Å². The van der Waals surface area contributed by atoms with E-state index in [-0.39, 0.29) is 0 Å². The number of fused-ring (bicyclic) bond motifs is 1. The van der Waals surface area contributed by atoms with Crippen LogP contribution in [0.15, 0.2) is 34.9 Å². The Labute approximate surface area is 150 Å². The van der Waals surface area contributed by atoms with Crippen molar-refractivity contribution in [3.63, 3.8) is 0 Å². The van der Waals surface area contributed by atoms with E-state index < -0.39 is 6.10 Å². The van der Waals surface area contributed by atoms with Gasteiger partial charge in [-0.15, -0.1) is 0 Å². The van der Waals surface area contributed by atoms with Crippen molar-refractivity contribution in [1.29, 1.82) is 0 Å². The number of aliphatic hydroxyl groups excluding tert-OH is 1. The standard InChI is InChI=1S/C18H19ClN4O2/c1-11-7-15(21-25-11)17-14(18(19)22(2)20-17)9-23-8-12-5-3-4-6-13(12)16(24)10-23/h3-7,16,24H,8-10H2,1-2H3/t16-/m1/s1. The van der Waals surface area contributed by atoms with Crippen LogP contribution < -0.4 is 0 Å². The number of aromatic nitrogens is 3. The van der Waals surface area contributed by atoms with Crippen molar-refractivity contribution < 1.29 is 9.63 Å². The van der Waals surface area contributed by atoms with Crippen molar-refractivity contribution >= 4 is 11.6 Å². The fraction of sp³-hybridized carbons (Fsp3) is 0.333. The lowest BCUT2D eigenvalue weighted by Gasteiger charge is -2.32. The molecule has 1 aliphatic rings. The maximum atomic E-state index is 10.5. The molecule has 3 aromatic rings. The lowest BCUT2D eigenvalue weighted by molar-refractivity contribution is 0.0883. The summed E-state index contributed by atoms with van der Waals surface area (Å²) in [5.74, 6) is 0.727. The number of nitrogens with zero attached hydrogens (tertiary/aromatic N) is 4. The van der Waals surface area contributed by atoms with Gasteiger partial charge in [0.15, 0.2) is 0 Å². The van der Waals surface area contributed by atoms with E-state index in [0.717, 1.165) is 34.7 Å². The van der Waals surface area contributed by atoms with Crippen molar-refractivity contribution in [3.05, 3.63) is 57.9 Å². The Kier molecular flexibility index (Phi) is 4.11. The fourth-order valence-corrected chi connectivity index (χ4v) is 3.55. The second-order valence-corrected chi connectivity index (χ2v) is 6.81. The number of hydrogen-bond acceptors (Lipinski definition) is 5. The number of aryl methyl sites for hydroxylation is 2. The number of benzene rings is 1. The summed E-state index contributed by atoms with van der Waals surface area (Å²) in [5, 5.41) is 19.6. The molecule has 1 N–H and O–H groups in total.